The average Bonchev–Trinajstić information content (AvgIpc) is 2.38. The van der Waals surface area contributed by atoms with Gasteiger partial charge in [-0.1, -0.05) is 60.7 Å². The molecule has 0 heterocycles. The van der Waals surface area contributed by atoms with Crippen LogP contribution in [-0.2, 0) is 6.54 Å². The Labute approximate surface area is 110 Å². The van der Waals surface area contributed by atoms with Crippen LogP contribution in [0.2, 0.25) is 0 Å². The summed E-state index contributed by atoms with van der Waals surface area (Å²) in [6, 6.07) is 21.4. The molecule has 2 rings (SSSR count). The Morgan fingerprint density at radius 3 is 2.00 bits per heavy atom. The Hall–Kier alpha value is -1.25. The van der Waals surface area contributed by atoms with E-state index in [0.29, 0.717) is 6.04 Å². The molecule has 1 N–H and O–H groups in total. The van der Waals surface area contributed by atoms with E-state index in [4.69, 9.17) is 0 Å². The highest BCUT2D eigenvalue weighted by Gasteiger charge is 2.02. The SMILES string of the molecule is C[C@H](NCc1ccccc1)c1ccccc1.S. The first kappa shape index (κ1) is 13.8. The fraction of sp³-hybridized carbons (Fsp3) is 0.200. The van der Waals surface area contributed by atoms with Crippen LogP contribution in [-0.4, -0.2) is 0 Å². The Morgan fingerprint density at radius 2 is 1.41 bits per heavy atom. The molecule has 1 atom stereocenters. The zero-order valence-corrected chi connectivity index (χ0v) is 11.1. The number of benzene rings is 2. The molecule has 0 aliphatic heterocycles. The molecule has 0 unspecified atom stereocenters. The fourth-order valence-corrected chi connectivity index (χ4v) is 1.73. The van der Waals surface area contributed by atoms with Crippen LogP contribution in [0, 0.1) is 0 Å². The number of nitrogens with one attached hydrogen (secondary N) is 1. The highest BCUT2D eigenvalue weighted by molar-refractivity contribution is 7.59. The minimum atomic E-state index is 0. The van der Waals surface area contributed by atoms with E-state index in [1.807, 2.05) is 12.1 Å². The van der Waals surface area contributed by atoms with Crippen molar-refractivity contribution in [2.45, 2.75) is 19.5 Å². The predicted molar refractivity (Wildman–Crippen MR) is 78.5 cm³/mol. The number of hydrogen-bond donors (Lipinski definition) is 1. The van der Waals surface area contributed by atoms with Gasteiger partial charge in [0.1, 0.15) is 0 Å². The van der Waals surface area contributed by atoms with Gasteiger partial charge in [-0.05, 0) is 18.1 Å². The third-order valence-corrected chi connectivity index (χ3v) is 2.75. The lowest BCUT2D eigenvalue weighted by Gasteiger charge is -2.14. The Bertz CT molecular complexity index is 413. The van der Waals surface area contributed by atoms with Crippen LogP contribution in [0.4, 0.5) is 0 Å². The minimum Gasteiger partial charge on any atom is -0.306 e. The highest BCUT2D eigenvalue weighted by atomic mass is 32.1. The van der Waals surface area contributed by atoms with Gasteiger partial charge >= 0.3 is 0 Å². The number of rotatable bonds is 4. The third-order valence-electron chi connectivity index (χ3n) is 2.75. The van der Waals surface area contributed by atoms with Crippen molar-refractivity contribution < 1.29 is 0 Å². The Morgan fingerprint density at radius 1 is 0.882 bits per heavy atom. The van der Waals surface area contributed by atoms with Gasteiger partial charge in [0.15, 0.2) is 0 Å². The van der Waals surface area contributed by atoms with Gasteiger partial charge in [-0.25, -0.2) is 0 Å². The minimum absolute atomic E-state index is 0. The topological polar surface area (TPSA) is 12.0 Å². The lowest BCUT2D eigenvalue weighted by molar-refractivity contribution is 0.575. The summed E-state index contributed by atoms with van der Waals surface area (Å²) in [5.41, 5.74) is 2.66. The zero-order valence-electron chi connectivity index (χ0n) is 10.1. The summed E-state index contributed by atoms with van der Waals surface area (Å²) in [4.78, 5) is 0. The van der Waals surface area contributed by atoms with Crippen LogP contribution in [0.25, 0.3) is 0 Å². The number of hydrogen-bond acceptors (Lipinski definition) is 1. The van der Waals surface area contributed by atoms with E-state index in [1.165, 1.54) is 11.1 Å². The van der Waals surface area contributed by atoms with Crippen molar-refractivity contribution in [2.75, 3.05) is 0 Å². The lowest BCUT2D eigenvalue weighted by Crippen LogP contribution is -2.17. The summed E-state index contributed by atoms with van der Waals surface area (Å²) in [6.07, 6.45) is 0. The maximum Gasteiger partial charge on any atom is 0.0294 e. The van der Waals surface area contributed by atoms with Crippen molar-refractivity contribution in [3.63, 3.8) is 0 Å². The summed E-state index contributed by atoms with van der Waals surface area (Å²) < 4.78 is 0. The largest absolute Gasteiger partial charge is 0.306 e. The van der Waals surface area contributed by atoms with Gasteiger partial charge in [0, 0.05) is 12.6 Å². The molecular formula is C15H19NS. The maximum atomic E-state index is 3.52. The molecule has 0 fully saturated rings. The van der Waals surface area contributed by atoms with Crippen LogP contribution in [0.15, 0.2) is 60.7 Å². The Kier molecular flexibility index (Phi) is 5.81. The van der Waals surface area contributed by atoms with E-state index in [0.717, 1.165) is 6.54 Å². The summed E-state index contributed by atoms with van der Waals surface area (Å²) in [5.74, 6) is 0. The van der Waals surface area contributed by atoms with Crippen molar-refractivity contribution in [3.8, 4) is 0 Å². The fourth-order valence-electron chi connectivity index (χ4n) is 1.73. The van der Waals surface area contributed by atoms with Gasteiger partial charge < -0.3 is 5.32 Å². The van der Waals surface area contributed by atoms with Gasteiger partial charge in [0.05, 0.1) is 0 Å². The molecule has 0 aromatic heterocycles. The van der Waals surface area contributed by atoms with Crippen molar-refractivity contribution in [3.05, 3.63) is 71.8 Å². The van der Waals surface area contributed by atoms with Crippen molar-refractivity contribution in [2.24, 2.45) is 0 Å². The van der Waals surface area contributed by atoms with Gasteiger partial charge in [-0.15, -0.1) is 0 Å². The van der Waals surface area contributed by atoms with Crippen LogP contribution >= 0.6 is 13.5 Å². The Balaban J connectivity index is 0.00000144. The third kappa shape index (κ3) is 4.25. The molecule has 1 nitrogen and oxygen atoms in total. The monoisotopic (exact) mass is 245 g/mol. The van der Waals surface area contributed by atoms with E-state index in [1.54, 1.807) is 0 Å². The first-order chi connectivity index (χ1) is 7.86. The summed E-state index contributed by atoms with van der Waals surface area (Å²) in [7, 11) is 0. The molecule has 2 heteroatoms. The first-order valence-corrected chi connectivity index (χ1v) is 5.68. The summed E-state index contributed by atoms with van der Waals surface area (Å²) in [6.45, 7) is 3.11. The standard InChI is InChI=1S/C15H17N.H2S/c1-13(15-10-6-3-7-11-15)16-12-14-8-4-2-5-9-14;/h2-11,13,16H,12H2,1H3;1H2/t13-;/m0./s1. The molecule has 0 saturated heterocycles. The molecule has 0 radical (unpaired) electrons. The second kappa shape index (κ2) is 7.15. The quantitative estimate of drug-likeness (QED) is 0.867. The second-order valence-electron chi connectivity index (χ2n) is 4.00. The normalized spacial score (nSPS) is 11.6. The van der Waals surface area contributed by atoms with E-state index in [9.17, 15) is 0 Å². The van der Waals surface area contributed by atoms with Crippen LogP contribution in [0.1, 0.15) is 24.1 Å². The first-order valence-electron chi connectivity index (χ1n) is 5.68. The van der Waals surface area contributed by atoms with Crippen molar-refractivity contribution in [1.82, 2.24) is 5.32 Å². The van der Waals surface area contributed by atoms with Gasteiger partial charge in [0.2, 0.25) is 0 Å². The molecule has 2 aromatic rings. The molecule has 0 aliphatic carbocycles. The maximum absolute atomic E-state index is 3.52. The average molecular weight is 245 g/mol. The molecular weight excluding hydrogens is 226 g/mol. The van der Waals surface area contributed by atoms with Crippen LogP contribution in [0.5, 0.6) is 0 Å². The van der Waals surface area contributed by atoms with E-state index < -0.39 is 0 Å². The van der Waals surface area contributed by atoms with Crippen LogP contribution in [0.3, 0.4) is 0 Å². The molecule has 0 bridgehead atoms. The molecule has 0 spiro atoms. The van der Waals surface area contributed by atoms with Crippen molar-refractivity contribution >= 4 is 13.5 Å². The molecule has 90 valence electrons. The highest BCUT2D eigenvalue weighted by Crippen LogP contribution is 2.11. The van der Waals surface area contributed by atoms with Gasteiger partial charge in [0.25, 0.3) is 0 Å². The molecule has 0 saturated carbocycles. The van der Waals surface area contributed by atoms with Gasteiger partial charge in [-0.2, -0.15) is 13.5 Å². The summed E-state index contributed by atoms with van der Waals surface area (Å²) >= 11 is 0. The van der Waals surface area contributed by atoms with E-state index in [2.05, 4.69) is 60.8 Å². The molecule has 2 aromatic carbocycles. The van der Waals surface area contributed by atoms with E-state index in [-0.39, 0.29) is 13.5 Å². The van der Waals surface area contributed by atoms with E-state index >= 15 is 0 Å². The molecule has 0 amide bonds. The second-order valence-corrected chi connectivity index (χ2v) is 4.00. The predicted octanol–water partition coefficient (Wildman–Crippen LogP) is 3.65. The van der Waals surface area contributed by atoms with Gasteiger partial charge in [-0.3, -0.25) is 0 Å². The summed E-state index contributed by atoms with van der Waals surface area (Å²) in [5, 5.41) is 3.52. The lowest BCUT2D eigenvalue weighted by atomic mass is 10.1. The molecule has 17 heavy (non-hydrogen) atoms. The van der Waals surface area contributed by atoms with Crippen LogP contribution < -0.4 is 5.32 Å². The molecule has 0 aliphatic rings. The smallest absolute Gasteiger partial charge is 0.0294 e. The zero-order chi connectivity index (χ0) is 11.2. The van der Waals surface area contributed by atoms with Crippen molar-refractivity contribution in [1.29, 1.82) is 0 Å².